The van der Waals surface area contributed by atoms with Gasteiger partial charge >= 0.3 is 0 Å². The molecule has 0 saturated heterocycles. The van der Waals surface area contributed by atoms with E-state index in [1.54, 1.807) is 16.0 Å². The molecule has 8 heteroatoms. The van der Waals surface area contributed by atoms with Gasteiger partial charge in [-0.1, -0.05) is 12.1 Å². The molecule has 0 unspecified atom stereocenters. The summed E-state index contributed by atoms with van der Waals surface area (Å²) in [5.74, 6) is 0.699. The average Bonchev–Trinajstić information content (AvgIpc) is 3.51. The summed E-state index contributed by atoms with van der Waals surface area (Å²) in [6.07, 6.45) is 3.75. The van der Waals surface area contributed by atoms with Gasteiger partial charge in [0.05, 0.1) is 28.4 Å². The van der Waals surface area contributed by atoms with E-state index in [2.05, 4.69) is 43.2 Å². The van der Waals surface area contributed by atoms with E-state index in [1.165, 1.54) is 5.56 Å². The van der Waals surface area contributed by atoms with Gasteiger partial charge in [0.15, 0.2) is 11.5 Å². The molecule has 0 spiro atoms. The molecule has 6 rings (SSSR count). The van der Waals surface area contributed by atoms with Crippen molar-refractivity contribution in [2.45, 2.75) is 0 Å². The SMILES string of the molecule is Cn1cc(-c2ccc3[nH]nc(-c4nc5c(-c6ccsc6)cccc5[nH]4)c3n2)cn1. The van der Waals surface area contributed by atoms with Crippen molar-refractivity contribution < 1.29 is 0 Å². The number of para-hydroxylation sites is 1. The van der Waals surface area contributed by atoms with Crippen molar-refractivity contribution in [2.24, 2.45) is 7.05 Å². The van der Waals surface area contributed by atoms with E-state index >= 15 is 0 Å². The molecule has 29 heavy (non-hydrogen) atoms. The van der Waals surface area contributed by atoms with Crippen LogP contribution in [0.15, 0.2) is 59.6 Å². The number of imidazole rings is 1. The second-order valence-corrected chi connectivity index (χ2v) is 7.65. The number of nitrogens with one attached hydrogen (secondary N) is 2. The lowest BCUT2D eigenvalue weighted by Crippen LogP contribution is -1.87. The van der Waals surface area contributed by atoms with Crippen LogP contribution < -0.4 is 0 Å². The molecule has 0 radical (unpaired) electrons. The topological polar surface area (TPSA) is 88.1 Å². The predicted molar refractivity (Wildman–Crippen MR) is 114 cm³/mol. The minimum atomic E-state index is 0.699. The van der Waals surface area contributed by atoms with Crippen molar-refractivity contribution >= 4 is 33.4 Å². The number of pyridine rings is 1. The average molecular weight is 397 g/mol. The van der Waals surface area contributed by atoms with Crippen molar-refractivity contribution in [2.75, 3.05) is 0 Å². The van der Waals surface area contributed by atoms with Crippen molar-refractivity contribution in [3.05, 3.63) is 59.6 Å². The van der Waals surface area contributed by atoms with Gasteiger partial charge in [0.25, 0.3) is 0 Å². The number of hydrogen-bond donors (Lipinski definition) is 2. The summed E-state index contributed by atoms with van der Waals surface area (Å²) < 4.78 is 1.77. The standard InChI is InChI=1S/C21H15N7S/c1-28-10-13(9-22-28)15-5-6-17-19(23-15)20(27-26-17)21-24-16-4-2-3-14(18(16)25-21)12-7-8-29-11-12/h2-11H,1H3,(H,24,25)(H,26,27). The first-order valence-electron chi connectivity index (χ1n) is 9.12. The molecule has 6 aromatic rings. The first kappa shape index (κ1) is 16.2. The zero-order valence-corrected chi connectivity index (χ0v) is 16.2. The molecule has 0 aliphatic rings. The van der Waals surface area contributed by atoms with E-state index in [-0.39, 0.29) is 0 Å². The maximum atomic E-state index is 4.88. The number of nitrogens with zero attached hydrogens (tertiary/aromatic N) is 5. The summed E-state index contributed by atoms with van der Waals surface area (Å²) in [4.78, 5) is 13.1. The van der Waals surface area contributed by atoms with Gasteiger partial charge in [-0.3, -0.25) is 9.78 Å². The molecule has 0 saturated carbocycles. The van der Waals surface area contributed by atoms with Gasteiger partial charge in [-0.15, -0.1) is 0 Å². The molecular formula is C21H15N7S. The summed E-state index contributed by atoms with van der Waals surface area (Å²) in [7, 11) is 1.89. The lowest BCUT2D eigenvalue weighted by Gasteiger charge is -1.98. The minimum Gasteiger partial charge on any atom is -0.336 e. The molecule has 5 aromatic heterocycles. The van der Waals surface area contributed by atoms with E-state index in [1.807, 2.05) is 43.7 Å². The Morgan fingerprint density at radius 3 is 2.76 bits per heavy atom. The lowest BCUT2D eigenvalue weighted by atomic mass is 10.1. The summed E-state index contributed by atoms with van der Waals surface area (Å²) >= 11 is 1.68. The first-order valence-corrected chi connectivity index (χ1v) is 10.1. The molecule has 1 aromatic carbocycles. The lowest BCUT2D eigenvalue weighted by molar-refractivity contribution is 0.768. The van der Waals surface area contributed by atoms with Gasteiger partial charge in [-0.25, -0.2) is 9.97 Å². The summed E-state index contributed by atoms with van der Waals surface area (Å²) in [5, 5.41) is 16.0. The van der Waals surface area contributed by atoms with Crippen molar-refractivity contribution in [1.29, 1.82) is 0 Å². The number of aromatic amines is 2. The Labute approximate surface area is 169 Å². The second kappa shape index (κ2) is 6.11. The van der Waals surface area contributed by atoms with Gasteiger partial charge in [0.1, 0.15) is 5.52 Å². The fourth-order valence-corrected chi connectivity index (χ4v) is 4.23. The smallest absolute Gasteiger partial charge is 0.161 e. The van der Waals surface area contributed by atoms with Crippen LogP contribution in [0.1, 0.15) is 0 Å². The molecule has 0 aliphatic heterocycles. The molecule has 0 fully saturated rings. The van der Waals surface area contributed by atoms with E-state index in [0.717, 1.165) is 38.9 Å². The Balaban J connectivity index is 1.53. The van der Waals surface area contributed by atoms with Crippen molar-refractivity contribution in [1.82, 2.24) is 34.9 Å². The Kier molecular flexibility index (Phi) is 3.41. The normalized spacial score (nSPS) is 11.6. The van der Waals surface area contributed by atoms with Crippen molar-refractivity contribution in [3.63, 3.8) is 0 Å². The van der Waals surface area contributed by atoms with Gasteiger partial charge in [-0.2, -0.15) is 21.5 Å². The highest BCUT2D eigenvalue weighted by atomic mass is 32.1. The molecule has 7 nitrogen and oxygen atoms in total. The highest BCUT2D eigenvalue weighted by molar-refractivity contribution is 7.08. The number of aromatic nitrogens is 7. The molecule has 0 amide bonds. The number of benzene rings is 1. The van der Waals surface area contributed by atoms with Crippen LogP contribution in [-0.4, -0.2) is 34.9 Å². The van der Waals surface area contributed by atoms with Crippen LogP contribution in [0, 0.1) is 0 Å². The van der Waals surface area contributed by atoms with Gasteiger partial charge in [0.2, 0.25) is 0 Å². The highest BCUT2D eigenvalue weighted by Gasteiger charge is 2.17. The molecule has 5 heterocycles. The minimum absolute atomic E-state index is 0.699. The van der Waals surface area contributed by atoms with Gasteiger partial charge in [-0.05, 0) is 40.6 Å². The molecular weight excluding hydrogens is 382 g/mol. The third-order valence-electron chi connectivity index (χ3n) is 4.98. The van der Waals surface area contributed by atoms with Crippen molar-refractivity contribution in [3.8, 4) is 33.9 Å². The maximum absolute atomic E-state index is 4.88. The molecule has 140 valence electrons. The van der Waals surface area contributed by atoms with Crippen LogP contribution in [0.2, 0.25) is 0 Å². The van der Waals surface area contributed by atoms with Crippen LogP contribution in [0.25, 0.3) is 56.0 Å². The molecule has 0 atom stereocenters. The number of rotatable bonds is 3. The largest absolute Gasteiger partial charge is 0.336 e. The second-order valence-electron chi connectivity index (χ2n) is 6.87. The van der Waals surface area contributed by atoms with E-state index in [4.69, 9.17) is 9.97 Å². The van der Waals surface area contributed by atoms with Crippen LogP contribution in [-0.2, 0) is 7.05 Å². The van der Waals surface area contributed by atoms with Crippen LogP contribution in [0.3, 0.4) is 0 Å². The number of thiophene rings is 1. The van der Waals surface area contributed by atoms with Gasteiger partial charge in [0, 0.05) is 24.4 Å². The number of aryl methyl sites for hydroxylation is 1. The zero-order chi connectivity index (χ0) is 19.4. The summed E-state index contributed by atoms with van der Waals surface area (Å²) in [5.41, 5.74) is 8.35. The zero-order valence-electron chi connectivity index (χ0n) is 15.4. The fraction of sp³-hybridized carbons (Fsp3) is 0.0476. The van der Waals surface area contributed by atoms with E-state index in [0.29, 0.717) is 11.5 Å². The molecule has 0 aliphatic carbocycles. The first-order chi connectivity index (χ1) is 14.3. The number of fused-ring (bicyclic) bond motifs is 2. The Morgan fingerprint density at radius 2 is 1.93 bits per heavy atom. The monoisotopic (exact) mass is 397 g/mol. The molecule has 0 bridgehead atoms. The van der Waals surface area contributed by atoms with Crippen LogP contribution in [0.5, 0.6) is 0 Å². The third kappa shape index (κ3) is 2.57. The Bertz CT molecular complexity index is 1470. The highest BCUT2D eigenvalue weighted by Crippen LogP contribution is 2.32. The number of H-pyrrole nitrogens is 2. The quantitative estimate of drug-likeness (QED) is 0.456. The Hall–Kier alpha value is -3.78. The van der Waals surface area contributed by atoms with Crippen LogP contribution >= 0.6 is 11.3 Å². The summed E-state index contributed by atoms with van der Waals surface area (Å²) in [6, 6.07) is 12.2. The predicted octanol–water partition coefficient (Wildman–Crippen LogP) is 4.63. The Morgan fingerprint density at radius 1 is 0.966 bits per heavy atom. The fourth-order valence-electron chi connectivity index (χ4n) is 3.57. The summed E-state index contributed by atoms with van der Waals surface area (Å²) in [6.45, 7) is 0. The third-order valence-corrected chi connectivity index (χ3v) is 5.66. The number of hydrogen-bond acceptors (Lipinski definition) is 5. The van der Waals surface area contributed by atoms with Crippen LogP contribution in [0.4, 0.5) is 0 Å². The molecule has 2 N–H and O–H groups in total. The van der Waals surface area contributed by atoms with E-state index < -0.39 is 0 Å². The maximum Gasteiger partial charge on any atom is 0.161 e. The van der Waals surface area contributed by atoms with E-state index in [9.17, 15) is 0 Å². The van der Waals surface area contributed by atoms with Gasteiger partial charge < -0.3 is 4.98 Å².